The van der Waals surface area contributed by atoms with Gasteiger partial charge in [-0.15, -0.1) is 0 Å². The van der Waals surface area contributed by atoms with Crippen molar-refractivity contribution in [3.8, 4) is 5.75 Å². The Kier molecular flexibility index (Phi) is 5.94. The molecule has 2 aromatic rings. The van der Waals surface area contributed by atoms with Crippen LogP contribution in [-0.2, 0) is 0 Å². The van der Waals surface area contributed by atoms with Gasteiger partial charge in [-0.05, 0) is 30.7 Å². The lowest BCUT2D eigenvalue weighted by molar-refractivity contribution is 0.102. The van der Waals surface area contributed by atoms with Crippen molar-refractivity contribution in [1.29, 1.82) is 0 Å². The smallest absolute Gasteiger partial charge is 0.259 e. The van der Waals surface area contributed by atoms with Crippen LogP contribution < -0.4 is 15.4 Å². The van der Waals surface area contributed by atoms with Crippen molar-refractivity contribution < 1.29 is 14.6 Å². The molecule has 0 aliphatic rings. The number of nitrogens with zero attached hydrogens (tertiary/aromatic N) is 1. The van der Waals surface area contributed by atoms with Gasteiger partial charge < -0.3 is 20.5 Å². The van der Waals surface area contributed by atoms with Crippen LogP contribution in [0.4, 0.5) is 11.5 Å². The van der Waals surface area contributed by atoms with Crippen LogP contribution in [0.2, 0.25) is 0 Å². The van der Waals surface area contributed by atoms with E-state index in [0.717, 1.165) is 6.42 Å². The number of rotatable bonds is 7. The van der Waals surface area contributed by atoms with E-state index in [1.165, 1.54) is 7.11 Å². The number of ether oxygens (including phenoxy) is 1. The highest BCUT2D eigenvalue weighted by Gasteiger charge is 2.12. The fourth-order valence-corrected chi connectivity index (χ4v) is 2.07. The zero-order chi connectivity index (χ0) is 16.7. The van der Waals surface area contributed by atoms with E-state index in [-0.39, 0.29) is 18.6 Å². The molecule has 0 bridgehead atoms. The monoisotopic (exact) mass is 315 g/mol. The molecular formula is C17H21N3O3. The Morgan fingerprint density at radius 3 is 2.70 bits per heavy atom. The normalized spacial score (nSPS) is 11.6. The predicted molar refractivity (Wildman–Crippen MR) is 90.0 cm³/mol. The summed E-state index contributed by atoms with van der Waals surface area (Å²) in [7, 11) is 1.53. The highest BCUT2D eigenvalue weighted by molar-refractivity contribution is 6.06. The first-order valence-corrected chi connectivity index (χ1v) is 7.45. The van der Waals surface area contributed by atoms with Crippen molar-refractivity contribution in [2.24, 2.45) is 0 Å². The van der Waals surface area contributed by atoms with Gasteiger partial charge in [-0.3, -0.25) is 4.79 Å². The van der Waals surface area contributed by atoms with Crippen LogP contribution in [0, 0.1) is 0 Å². The van der Waals surface area contributed by atoms with Crippen LogP contribution in [0.25, 0.3) is 0 Å². The van der Waals surface area contributed by atoms with Crippen LogP contribution in [-0.4, -0.2) is 35.8 Å². The van der Waals surface area contributed by atoms with Crippen LogP contribution in [0.1, 0.15) is 23.7 Å². The minimum atomic E-state index is -0.258. The standard InChI is InChI=1S/C17H21N3O3/c1-3-12(11-21)19-16-9-8-13(10-18-16)20-17(22)14-6-4-5-7-15(14)23-2/h4-10,12,21H,3,11H2,1-2H3,(H,18,19)(H,20,22)/t12-/m0/s1. The van der Waals surface area contributed by atoms with Gasteiger partial charge >= 0.3 is 0 Å². The number of aromatic nitrogens is 1. The third-order valence-electron chi connectivity index (χ3n) is 3.44. The molecule has 1 atom stereocenters. The Morgan fingerprint density at radius 2 is 2.09 bits per heavy atom. The Bertz CT molecular complexity index is 640. The van der Waals surface area contributed by atoms with Crippen molar-refractivity contribution >= 4 is 17.4 Å². The highest BCUT2D eigenvalue weighted by Crippen LogP contribution is 2.19. The molecule has 1 heterocycles. The second kappa shape index (κ2) is 8.14. The molecule has 0 spiro atoms. The molecule has 2 rings (SSSR count). The molecule has 0 unspecified atom stereocenters. The lowest BCUT2D eigenvalue weighted by atomic mass is 10.2. The summed E-state index contributed by atoms with van der Waals surface area (Å²) in [5, 5.41) is 15.1. The number of hydrogen-bond donors (Lipinski definition) is 3. The number of hydrogen-bond acceptors (Lipinski definition) is 5. The summed E-state index contributed by atoms with van der Waals surface area (Å²) in [6, 6.07) is 10.5. The van der Waals surface area contributed by atoms with Gasteiger partial charge in [-0.25, -0.2) is 4.98 Å². The van der Waals surface area contributed by atoms with Crippen LogP contribution >= 0.6 is 0 Å². The molecule has 122 valence electrons. The van der Waals surface area contributed by atoms with Gasteiger partial charge in [0.05, 0.1) is 37.2 Å². The van der Waals surface area contributed by atoms with E-state index in [1.54, 1.807) is 36.5 Å². The third-order valence-corrected chi connectivity index (χ3v) is 3.44. The zero-order valence-electron chi connectivity index (χ0n) is 13.2. The molecular weight excluding hydrogens is 294 g/mol. The van der Waals surface area contributed by atoms with Crippen molar-refractivity contribution in [1.82, 2.24) is 4.98 Å². The number of amides is 1. The van der Waals surface area contributed by atoms with Gasteiger partial charge in [-0.2, -0.15) is 0 Å². The van der Waals surface area contributed by atoms with Crippen molar-refractivity contribution in [3.05, 3.63) is 48.2 Å². The maximum absolute atomic E-state index is 12.3. The Balaban J connectivity index is 2.04. The summed E-state index contributed by atoms with van der Waals surface area (Å²) in [5.41, 5.74) is 1.05. The van der Waals surface area contributed by atoms with E-state index in [0.29, 0.717) is 22.8 Å². The van der Waals surface area contributed by atoms with Crippen LogP contribution in [0.3, 0.4) is 0 Å². The van der Waals surface area contributed by atoms with Gasteiger partial charge in [0.2, 0.25) is 0 Å². The van der Waals surface area contributed by atoms with Crippen molar-refractivity contribution in [2.45, 2.75) is 19.4 Å². The fourth-order valence-electron chi connectivity index (χ4n) is 2.07. The van der Waals surface area contributed by atoms with E-state index in [1.807, 2.05) is 13.0 Å². The molecule has 0 radical (unpaired) electrons. The first kappa shape index (κ1) is 16.8. The van der Waals surface area contributed by atoms with E-state index in [2.05, 4.69) is 15.6 Å². The number of aliphatic hydroxyl groups is 1. The number of para-hydroxylation sites is 1. The van der Waals surface area contributed by atoms with E-state index >= 15 is 0 Å². The maximum Gasteiger partial charge on any atom is 0.259 e. The van der Waals surface area contributed by atoms with E-state index in [4.69, 9.17) is 4.74 Å². The lowest BCUT2D eigenvalue weighted by Crippen LogP contribution is -2.23. The molecule has 0 fully saturated rings. The maximum atomic E-state index is 12.3. The number of methoxy groups -OCH3 is 1. The first-order valence-electron chi connectivity index (χ1n) is 7.45. The van der Waals surface area contributed by atoms with E-state index in [9.17, 15) is 9.90 Å². The molecule has 0 aliphatic heterocycles. The fraction of sp³-hybridized carbons (Fsp3) is 0.294. The van der Waals surface area contributed by atoms with Crippen LogP contribution in [0.5, 0.6) is 5.75 Å². The number of carbonyl (C=O) groups is 1. The molecule has 3 N–H and O–H groups in total. The van der Waals surface area contributed by atoms with Gasteiger partial charge in [0.25, 0.3) is 5.91 Å². The van der Waals surface area contributed by atoms with Gasteiger partial charge in [0.15, 0.2) is 0 Å². The molecule has 23 heavy (non-hydrogen) atoms. The average molecular weight is 315 g/mol. The molecule has 0 aliphatic carbocycles. The molecule has 1 aromatic carbocycles. The van der Waals surface area contributed by atoms with Gasteiger partial charge in [0, 0.05) is 0 Å². The highest BCUT2D eigenvalue weighted by atomic mass is 16.5. The first-order chi connectivity index (χ1) is 11.2. The Labute approximate surface area is 135 Å². The predicted octanol–water partition coefficient (Wildman–Crippen LogP) is 2.53. The number of aliphatic hydroxyl groups excluding tert-OH is 1. The zero-order valence-corrected chi connectivity index (χ0v) is 13.2. The topological polar surface area (TPSA) is 83.5 Å². The van der Waals surface area contributed by atoms with Crippen molar-refractivity contribution in [2.75, 3.05) is 24.4 Å². The Hall–Kier alpha value is -2.60. The second-order valence-corrected chi connectivity index (χ2v) is 5.02. The minimum absolute atomic E-state index is 0.0310. The summed E-state index contributed by atoms with van der Waals surface area (Å²) in [4.78, 5) is 16.5. The average Bonchev–Trinajstić information content (AvgIpc) is 2.61. The molecule has 0 saturated carbocycles. The second-order valence-electron chi connectivity index (χ2n) is 5.02. The van der Waals surface area contributed by atoms with Crippen LogP contribution in [0.15, 0.2) is 42.6 Å². The lowest BCUT2D eigenvalue weighted by Gasteiger charge is -2.15. The largest absolute Gasteiger partial charge is 0.496 e. The molecule has 6 nitrogen and oxygen atoms in total. The number of pyridine rings is 1. The number of carbonyl (C=O) groups excluding carboxylic acids is 1. The molecule has 0 saturated heterocycles. The van der Waals surface area contributed by atoms with Gasteiger partial charge in [0.1, 0.15) is 11.6 Å². The summed E-state index contributed by atoms with van der Waals surface area (Å²) in [6.07, 6.45) is 2.37. The Morgan fingerprint density at radius 1 is 1.30 bits per heavy atom. The summed E-state index contributed by atoms with van der Waals surface area (Å²) < 4.78 is 5.18. The van der Waals surface area contributed by atoms with Gasteiger partial charge in [-0.1, -0.05) is 19.1 Å². The number of anilines is 2. The molecule has 1 aromatic heterocycles. The SMILES string of the molecule is CC[C@@H](CO)Nc1ccc(NC(=O)c2ccccc2OC)cn1. The number of benzene rings is 1. The quantitative estimate of drug-likeness (QED) is 0.731. The molecule has 1 amide bonds. The molecule has 6 heteroatoms. The summed E-state index contributed by atoms with van der Waals surface area (Å²) in [5.74, 6) is 0.915. The van der Waals surface area contributed by atoms with E-state index < -0.39 is 0 Å². The van der Waals surface area contributed by atoms with Crippen molar-refractivity contribution in [3.63, 3.8) is 0 Å². The number of nitrogens with one attached hydrogen (secondary N) is 2. The summed E-state index contributed by atoms with van der Waals surface area (Å²) in [6.45, 7) is 2.03. The minimum Gasteiger partial charge on any atom is -0.496 e. The third kappa shape index (κ3) is 4.43. The summed E-state index contributed by atoms with van der Waals surface area (Å²) >= 11 is 0.